The third kappa shape index (κ3) is 2.87. The van der Waals surface area contributed by atoms with Gasteiger partial charge in [-0.05, 0) is 30.9 Å². The van der Waals surface area contributed by atoms with E-state index in [1.807, 2.05) is 30.3 Å². The highest BCUT2D eigenvalue weighted by atomic mass is 32.2. The van der Waals surface area contributed by atoms with Crippen molar-refractivity contribution in [3.63, 3.8) is 0 Å². The molecule has 0 amide bonds. The van der Waals surface area contributed by atoms with Crippen LogP contribution in [-0.2, 0) is 10.0 Å². The van der Waals surface area contributed by atoms with E-state index in [4.69, 9.17) is 0 Å². The Kier molecular flexibility index (Phi) is 3.82. The lowest BCUT2D eigenvalue weighted by Gasteiger charge is -2.29. The zero-order valence-electron chi connectivity index (χ0n) is 12.0. The molecule has 2 heterocycles. The van der Waals surface area contributed by atoms with Crippen molar-refractivity contribution < 1.29 is 8.42 Å². The zero-order chi connectivity index (χ0) is 14.9. The van der Waals surface area contributed by atoms with Crippen LogP contribution in [0, 0.1) is 5.92 Å². The Hall–Kier alpha value is -1.66. The Labute approximate surface area is 125 Å². The largest absolute Gasteiger partial charge is 0.246 e. The molecule has 0 saturated carbocycles. The van der Waals surface area contributed by atoms with Crippen molar-refractivity contribution in [3.05, 3.63) is 42.7 Å². The Morgan fingerprint density at radius 2 is 2.00 bits per heavy atom. The number of benzene rings is 1. The molecule has 1 atom stereocenters. The van der Waals surface area contributed by atoms with Gasteiger partial charge < -0.3 is 0 Å². The molecule has 3 rings (SSSR count). The molecular formula is C15H19N3O2S. The summed E-state index contributed by atoms with van der Waals surface area (Å²) in [4.78, 5) is 0.264. The average molecular weight is 305 g/mol. The van der Waals surface area contributed by atoms with E-state index in [2.05, 4.69) is 12.0 Å². The summed E-state index contributed by atoms with van der Waals surface area (Å²) in [5, 5.41) is 4.18. The summed E-state index contributed by atoms with van der Waals surface area (Å²) in [6.07, 6.45) is 5.04. The molecule has 6 heteroatoms. The molecule has 0 N–H and O–H groups in total. The second-order valence-corrected chi connectivity index (χ2v) is 7.50. The molecule has 0 aliphatic carbocycles. The lowest BCUT2D eigenvalue weighted by atomic mass is 10.0. The molecular weight excluding hydrogens is 286 g/mol. The molecule has 0 bridgehead atoms. The van der Waals surface area contributed by atoms with Crippen LogP contribution in [0.5, 0.6) is 0 Å². The van der Waals surface area contributed by atoms with E-state index in [1.165, 1.54) is 6.20 Å². The fourth-order valence-corrected chi connectivity index (χ4v) is 4.21. The molecule has 5 nitrogen and oxygen atoms in total. The van der Waals surface area contributed by atoms with E-state index < -0.39 is 10.0 Å². The van der Waals surface area contributed by atoms with Gasteiger partial charge in [0, 0.05) is 13.1 Å². The maximum Gasteiger partial charge on any atom is 0.246 e. The van der Waals surface area contributed by atoms with Crippen LogP contribution in [0.25, 0.3) is 5.69 Å². The molecule has 112 valence electrons. The first-order valence-electron chi connectivity index (χ1n) is 7.17. The first-order chi connectivity index (χ1) is 10.1. The van der Waals surface area contributed by atoms with Crippen LogP contribution in [0.4, 0.5) is 0 Å². The number of nitrogens with zero attached hydrogens (tertiary/aromatic N) is 3. The molecule has 0 radical (unpaired) electrons. The molecule has 1 aliphatic rings. The topological polar surface area (TPSA) is 55.2 Å². The van der Waals surface area contributed by atoms with E-state index in [0.29, 0.717) is 19.0 Å². The number of hydrogen-bond acceptors (Lipinski definition) is 3. The Bertz CT molecular complexity index is 710. The zero-order valence-corrected chi connectivity index (χ0v) is 12.8. The maximum atomic E-state index is 12.7. The van der Waals surface area contributed by atoms with Crippen LogP contribution >= 0.6 is 0 Å². The number of sulfonamides is 1. The lowest BCUT2D eigenvalue weighted by Crippen LogP contribution is -2.38. The van der Waals surface area contributed by atoms with Gasteiger partial charge in [-0.1, -0.05) is 25.1 Å². The van der Waals surface area contributed by atoms with Crippen molar-refractivity contribution in [1.29, 1.82) is 0 Å². The van der Waals surface area contributed by atoms with E-state index in [-0.39, 0.29) is 4.90 Å². The highest BCUT2D eigenvalue weighted by molar-refractivity contribution is 7.89. The quantitative estimate of drug-likeness (QED) is 0.874. The van der Waals surface area contributed by atoms with Crippen LogP contribution < -0.4 is 0 Å². The van der Waals surface area contributed by atoms with Crippen molar-refractivity contribution in [3.8, 4) is 5.69 Å². The van der Waals surface area contributed by atoms with Gasteiger partial charge in [-0.25, -0.2) is 13.1 Å². The minimum Gasteiger partial charge on any atom is -0.240 e. The van der Waals surface area contributed by atoms with E-state index in [0.717, 1.165) is 18.5 Å². The summed E-state index contributed by atoms with van der Waals surface area (Å²) in [6, 6.07) is 9.51. The molecule has 1 aromatic carbocycles. The Morgan fingerprint density at radius 1 is 1.24 bits per heavy atom. The van der Waals surface area contributed by atoms with Gasteiger partial charge in [0.05, 0.1) is 18.1 Å². The monoisotopic (exact) mass is 305 g/mol. The summed E-state index contributed by atoms with van der Waals surface area (Å²) in [5.74, 6) is 0.415. The fourth-order valence-electron chi connectivity index (χ4n) is 2.68. The minimum absolute atomic E-state index is 0.264. The van der Waals surface area contributed by atoms with Crippen LogP contribution in [0.3, 0.4) is 0 Å². The molecule has 1 aliphatic heterocycles. The highest BCUT2D eigenvalue weighted by Gasteiger charge is 2.29. The third-order valence-corrected chi connectivity index (χ3v) is 5.66. The predicted octanol–water partition coefficient (Wildman–Crippen LogP) is 2.29. The van der Waals surface area contributed by atoms with E-state index >= 15 is 0 Å². The van der Waals surface area contributed by atoms with Crippen molar-refractivity contribution in [2.45, 2.75) is 24.7 Å². The van der Waals surface area contributed by atoms with Crippen LogP contribution in [0.2, 0.25) is 0 Å². The summed E-state index contributed by atoms with van der Waals surface area (Å²) < 4.78 is 28.5. The van der Waals surface area contributed by atoms with Gasteiger partial charge in [-0.3, -0.25) is 0 Å². The highest BCUT2D eigenvalue weighted by Crippen LogP contribution is 2.23. The van der Waals surface area contributed by atoms with Gasteiger partial charge in [0.2, 0.25) is 10.0 Å². The first kappa shape index (κ1) is 14.3. The van der Waals surface area contributed by atoms with E-state index in [1.54, 1.807) is 15.2 Å². The number of rotatable bonds is 3. The van der Waals surface area contributed by atoms with Crippen molar-refractivity contribution in [1.82, 2.24) is 14.1 Å². The standard InChI is InChI=1S/C15H19N3O2S/c1-13-6-5-9-17(11-13)21(19,20)15-10-16-18(12-15)14-7-3-2-4-8-14/h2-4,7-8,10,12-13H,5-6,9,11H2,1H3. The Balaban J connectivity index is 1.88. The van der Waals surface area contributed by atoms with Crippen LogP contribution in [0.1, 0.15) is 19.8 Å². The summed E-state index contributed by atoms with van der Waals surface area (Å²) in [5.41, 5.74) is 0.853. The van der Waals surface area contributed by atoms with Gasteiger partial charge in [0.1, 0.15) is 4.90 Å². The molecule has 2 aromatic rings. The van der Waals surface area contributed by atoms with Crippen molar-refractivity contribution >= 4 is 10.0 Å². The lowest BCUT2D eigenvalue weighted by molar-refractivity contribution is 0.281. The summed E-state index contributed by atoms with van der Waals surface area (Å²) in [6.45, 7) is 3.29. The van der Waals surface area contributed by atoms with Gasteiger partial charge in [0.25, 0.3) is 0 Å². The number of piperidine rings is 1. The second kappa shape index (κ2) is 5.61. The smallest absolute Gasteiger partial charge is 0.240 e. The molecule has 1 fully saturated rings. The number of hydrogen-bond donors (Lipinski definition) is 0. The summed E-state index contributed by atoms with van der Waals surface area (Å²) >= 11 is 0. The van der Waals surface area contributed by atoms with E-state index in [9.17, 15) is 8.42 Å². The summed E-state index contributed by atoms with van der Waals surface area (Å²) in [7, 11) is -3.43. The molecule has 0 spiro atoms. The average Bonchev–Trinajstić information content (AvgIpc) is 2.99. The SMILES string of the molecule is CC1CCCN(S(=O)(=O)c2cnn(-c3ccccc3)c2)C1. The second-order valence-electron chi connectivity index (χ2n) is 5.57. The van der Waals surface area contributed by atoms with Crippen LogP contribution in [-0.4, -0.2) is 35.6 Å². The minimum atomic E-state index is -3.43. The predicted molar refractivity (Wildman–Crippen MR) is 80.7 cm³/mol. The van der Waals surface area contributed by atoms with Gasteiger partial charge in [0.15, 0.2) is 0 Å². The molecule has 1 unspecified atom stereocenters. The molecule has 1 saturated heterocycles. The van der Waals surface area contributed by atoms with Crippen molar-refractivity contribution in [2.75, 3.05) is 13.1 Å². The maximum absolute atomic E-state index is 12.7. The number of aromatic nitrogens is 2. The number of para-hydroxylation sites is 1. The van der Waals surface area contributed by atoms with Crippen molar-refractivity contribution in [2.24, 2.45) is 5.92 Å². The molecule has 21 heavy (non-hydrogen) atoms. The van der Waals surface area contributed by atoms with Gasteiger partial charge in [-0.2, -0.15) is 9.40 Å². The molecule has 1 aromatic heterocycles. The normalized spacial score (nSPS) is 20.5. The fraction of sp³-hybridized carbons (Fsp3) is 0.400. The van der Waals surface area contributed by atoms with Gasteiger partial charge >= 0.3 is 0 Å². The first-order valence-corrected chi connectivity index (χ1v) is 8.61. The third-order valence-electron chi connectivity index (χ3n) is 3.84. The Morgan fingerprint density at radius 3 is 2.71 bits per heavy atom. The van der Waals surface area contributed by atoms with Crippen LogP contribution in [0.15, 0.2) is 47.6 Å². The van der Waals surface area contributed by atoms with Gasteiger partial charge in [-0.15, -0.1) is 0 Å².